The molecule has 0 spiro atoms. The number of halogens is 6. The minimum absolute atomic E-state index is 0.0716. The number of rotatable bonds is 3. The molecular formula is C15H10BrCl2F3. The van der Waals surface area contributed by atoms with Crippen LogP contribution in [0.3, 0.4) is 0 Å². The lowest BCUT2D eigenvalue weighted by molar-refractivity contribution is -0.138. The van der Waals surface area contributed by atoms with Crippen molar-refractivity contribution in [1.29, 1.82) is 0 Å². The van der Waals surface area contributed by atoms with Crippen molar-refractivity contribution < 1.29 is 13.2 Å². The van der Waals surface area contributed by atoms with Crippen molar-refractivity contribution >= 4 is 39.1 Å². The molecule has 1 unspecified atom stereocenters. The van der Waals surface area contributed by atoms with Gasteiger partial charge >= 0.3 is 6.18 Å². The average Bonchev–Trinajstić information content (AvgIpc) is 2.40. The predicted octanol–water partition coefficient (Wildman–Crippen LogP) is 6.64. The zero-order chi connectivity index (χ0) is 15.6. The fraction of sp³-hybridized carbons (Fsp3) is 0.200. The zero-order valence-electron chi connectivity index (χ0n) is 10.6. The summed E-state index contributed by atoms with van der Waals surface area (Å²) in [7, 11) is 0. The van der Waals surface area contributed by atoms with Crippen molar-refractivity contribution in [3.63, 3.8) is 0 Å². The maximum absolute atomic E-state index is 13.1. The number of benzene rings is 2. The van der Waals surface area contributed by atoms with E-state index in [0.29, 0.717) is 15.9 Å². The Bertz CT molecular complexity index is 624. The summed E-state index contributed by atoms with van der Waals surface area (Å²) in [4.78, 5) is 0. The van der Waals surface area contributed by atoms with Crippen molar-refractivity contribution in [3.8, 4) is 0 Å². The van der Waals surface area contributed by atoms with E-state index in [9.17, 15) is 13.2 Å². The first-order valence-corrected chi connectivity index (χ1v) is 7.63. The minimum Gasteiger partial charge on any atom is -0.166 e. The maximum atomic E-state index is 13.1. The second-order valence-corrected chi connectivity index (χ2v) is 6.41. The fourth-order valence-corrected chi connectivity index (χ4v) is 2.84. The SMILES string of the molecule is FC(F)(F)c1cc(Br)ccc1C(Cl)Cc1ccc(Cl)cc1. The van der Waals surface area contributed by atoms with Gasteiger partial charge in [-0.15, -0.1) is 11.6 Å². The Morgan fingerprint density at radius 1 is 1.05 bits per heavy atom. The second-order valence-electron chi connectivity index (χ2n) is 4.53. The Labute approximate surface area is 139 Å². The third kappa shape index (κ3) is 4.38. The van der Waals surface area contributed by atoms with Gasteiger partial charge in [-0.2, -0.15) is 13.2 Å². The summed E-state index contributed by atoms with van der Waals surface area (Å²) in [6.07, 6.45) is -4.14. The van der Waals surface area contributed by atoms with Gasteiger partial charge in [-0.05, 0) is 41.8 Å². The lowest BCUT2D eigenvalue weighted by atomic mass is 9.99. The highest BCUT2D eigenvalue weighted by molar-refractivity contribution is 9.10. The van der Waals surface area contributed by atoms with E-state index in [1.165, 1.54) is 6.07 Å². The van der Waals surface area contributed by atoms with Crippen LogP contribution < -0.4 is 0 Å². The van der Waals surface area contributed by atoms with E-state index in [-0.39, 0.29) is 5.56 Å². The van der Waals surface area contributed by atoms with Crippen LogP contribution in [0.4, 0.5) is 13.2 Å². The van der Waals surface area contributed by atoms with Gasteiger partial charge in [0.15, 0.2) is 0 Å². The van der Waals surface area contributed by atoms with Crippen LogP contribution in [0, 0.1) is 0 Å². The molecular weight excluding hydrogens is 388 g/mol. The highest BCUT2D eigenvalue weighted by atomic mass is 79.9. The molecule has 0 amide bonds. The summed E-state index contributed by atoms with van der Waals surface area (Å²) in [5, 5.41) is -0.194. The van der Waals surface area contributed by atoms with Crippen LogP contribution in [-0.2, 0) is 12.6 Å². The number of alkyl halides is 4. The van der Waals surface area contributed by atoms with Gasteiger partial charge in [0, 0.05) is 9.50 Å². The summed E-state index contributed by atoms with van der Waals surface area (Å²) >= 11 is 15.0. The van der Waals surface area contributed by atoms with E-state index < -0.39 is 17.1 Å². The topological polar surface area (TPSA) is 0 Å². The first kappa shape index (κ1) is 16.7. The number of hydrogen-bond donors (Lipinski definition) is 0. The zero-order valence-corrected chi connectivity index (χ0v) is 13.7. The van der Waals surface area contributed by atoms with Crippen molar-refractivity contribution in [1.82, 2.24) is 0 Å². The standard InChI is InChI=1S/C15H10BrCl2F3/c16-10-3-6-12(13(8-10)15(19,20)21)14(18)7-9-1-4-11(17)5-2-9/h1-6,8,14H,7H2. The quantitative estimate of drug-likeness (QED) is 0.509. The Morgan fingerprint density at radius 3 is 2.24 bits per heavy atom. The molecule has 0 aliphatic carbocycles. The van der Waals surface area contributed by atoms with Crippen LogP contribution in [0.2, 0.25) is 5.02 Å². The van der Waals surface area contributed by atoms with Crippen LogP contribution in [0.15, 0.2) is 46.9 Å². The van der Waals surface area contributed by atoms with Gasteiger partial charge in [0.25, 0.3) is 0 Å². The molecule has 0 saturated heterocycles. The molecule has 1 atom stereocenters. The smallest absolute Gasteiger partial charge is 0.166 e. The van der Waals surface area contributed by atoms with Crippen LogP contribution in [0.5, 0.6) is 0 Å². The largest absolute Gasteiger partial charge is 0.416 e. The molecule has 21 heavy (non-hydrogen) atoms. The van der Waals surface area contributed by atoms with Crippen LogP contribution in [-0.4, -0.2) is 0 Å². The highest BCUT2D eigenvalue weighted by Crippen LogP contribution is 2.39. The molecule has 0 radical (unpaired) electrons. The predicted molar refractivity (Wildman–Crippen MR) is 82.9 cm³/mol. The van der Waals surface area contributed by atoms with Gasteiger partial charge in [-0.1, -0.05) is 45.7 Å². The van der Waals surface area contributed by atoms with Crippen molar-refractivity contribution in [2.24, 2.45) is 0 Å². The lowest BCUT2D eigenvalue weighted by Crippen LogP contribution is -2.11. The summed E-state index contributed by atoms with van der Waals surface area (Å²) in [6, 6.07) is 10.9. The molecule has 112 valence electrons. The minimum atomic E-state index is -4.44. The lowest BCUT2D eigenvalue weighted by Gasteiger charge is -2.17. The monoisotopic (exact) mass is 396 g/mol. The molecule has 0 aliphatic heterocycles. The molecule has 0 nitrogen and oxygen atoms in total. The third-order valence-electron chi connectivity index (χ3n) is 2.99. The molecule has 2 rings (SSSR count). The van der Waals surface area contributed by atoms with Gasteiger partial charge in [-0.3, -0.25) is 0 Å². The highest BCUT2D eigenvalue weighted by Gasteiger charge is 2.35. The van der Waals surface area contributed by atoms with E-state index in [1.807, 2.05) is 0 Å². The molecule has 0 aliphatic rings. The van der Waals surface area contributed by atoms with Crippen molar-refractivity contribution in [3.05, 3.63) is 68.7 Å². The van der Waals surface area contributed by atoms with Gasteiger partial charge in [0.05, 0.1) is 10.9 Å². The Balaban J connectivity index is 2.30. The molecule has 0 fully saturated rings. The normalized spacial score (nSPS) is 13.2. The van der Waals surface area contributed by atoms with E-state index in [1.54, 1.807) is 30.3 Å². The van der Waals surface area contributed by atoms with Crippen LogP contribution in [0.1, 0.15) is 22.1 Å². The molecule has 0 heterocycles. The van der Waals surface area contributed by atoms with Gasteiger partial charge in [0.1, 0.15) is 0 Å². The van der Waals surface area contributed by atoms with Gasteiger partial charge < -0.3 is 0 Å². The third-order valence-corrected chi connectivity index (χ3v) is 4.12. The van der Waals surface area contributed by atoms with Gasteiger partial charge in [-0.25, -0.2) is 0 Å². The van der Waals surface area contributed by atoms with E-state index in [4.69, 9.17) is 23.2 Å². The van der Waals surface area contributed by atoms with Crippen LogP contribution >= 0.6 is 39.1 Å². The molecule has 6 heteroatoms. The van der Waals surface area contributed by atoms with Crippen molar-refractivity contribution in [2.75, 3.05) is 0 Å². The molecule has 0 saturated carbocycles. The molecule has 0 N–H and O–H groups in total. The van der Waals surface area contributed by atoms with Crippen LogP contribution in [0.25, 0.3) is 0 Å². The average molecular weight is 398 g/mol. The Hall–Kier alpha value is -0.710. The summed E-state index contributed by atoms with van der Waals surface area (Å²) < 4.78 is 39.6. The second kappa shape index (κ2) is 6.59. The van der Waals surface area contributed by atoms with E-state index >= 15 is 0 Å². The summed E-state index contributed by atoms with van der Waals surface area (Å²) in [5.74, 6) is 0. The van der Waals surface area contributed by atoms with E-state index in [0.717, 1.165) is 11.6 Å². The molecule has 0 aromatic heterocycles. The summed E-state index contributed by atoms with van der Waals surface area (Å²) in [6.45, 7) is 0. The van der Waals surface area contributed by atoms with E-state index in [2.05, 4.69) is 15.9 Å². The first-order chi connectivity index (χ1) is 9.77. The van der Waals surface area contributed by atoms with Gasteiger partial charge in [0.2, 0.25) is 0 Å². The molecule has 2 aromatic carbocycles. The summed E-state index contributed by atoms with van der Waals surface area (Å²) in [5.41, 5.74) is 0.184. The number of hydrogen-bond acceptors (Lipinski definition) is 0. The molecule has 0 bridgehead atoms. The van der Waals surface area contributed by atoms with Crippen molar-refractivity contribution in [2.45, 2.75) is 18.0 Å². The first-order valence-electron chi connectivity index (χ1n) is 6.02. The molecule has 2 aromatic rings. The Morgan fingerprint density at radius 2 is 1.67 bits per heavy atom. The fourth-order valence-electron chi connectivity index (χ4n) is 1.98. The Kier molecular flexibility index (Phi) is 5.23. The maximum Gasteiger partial charge on any atom is 0.416 e.